The molecule has 3 rings (SSSR count). The van der Waals surface area contributed by atoms with Crippen molar-refractivity contribution in [3.8, 4) is 11.6 Å². The third-order valence-electron chi connectivity index (χ3n) is 5.01. The predicted molar refractivity (Wildman–Crippen MR) is 116 cm³/mol. The molecule has 1 heterocycles. The monoisotopic (exact) mass is 447 g/mol. The molecule has 32 heavy (non-hydrogen) atoms. The second-order valence-electron chi connectivity index (χ2n) is 7.67. The summed E-state index contributed by atoms with van der Waals surface area (Å²) in [5.41, 5.74) is 4.40. The average molecular weight is 447 g/mol. The molecule has 9 heteroatoms. The maximum Gasteiger partial charge on any atom is 0.416 e. The first kappa shape index (κ1) is 23.3. The van der Waals surface area contributed by atoms with Gasteiger partial charge < -0.3 is 10.2 Å². The molecule has 0 aliphatic rings. The van der Waals surface area contributed by atoms with Crippen molar-refractivity contribution in [3.63, 3.8) is 0 Å². The summed E-state index contributed by atoms with van der Waals surface area (Å²) in [5, 5.41) is 24.3. The number of benzene rings is 2. The Morgan fingerprint density at radius 1 is 1.12 bits per heavy atom. The molecule has 0 aliphatic carbocycles. The number of nitrogens with one attached hydrogen (secondary N) is 1. The lowest BCUT2D eigenvalue weighted by atomic mass is 10.1. The first-order chi connectivity index (χ1) is 15.0. The number of alkyl halides is 3. The van der Waals surface area contributed by atoms with Crippen LogP contribution in [-0.4, -0.2) is 33.0 Å². The standard InChI is InChI=1S/C23H24F3N3O3/c1-13-9-14(2)11-17(10-13)29-19-12-16(23(24,25)26)6-7-18(19)21(22(29)32)15(3)27-28-20(31)5-4-8-30/h6-7,9-12,30,32H,4-5,8H2,1-3H3,(H,28,31)/b27-15+. The molecular weight excluding hydrogens is 423 g/mol. The van der Waals surface area contributed by atoms with Crippen molar-refractivity contribution in [1.29, 1.82) is 0 Å². The molecule has 0 spiro atoms. The van der Waals surface area contributed by atoms with Crippen LogP contribution in [0.1, 0.15) is 42.0 Å². The van der Waals surface area contributed by atoms with Crippen molar-refractivity contribution >= 4 is 22.5 Å². The van der Waals surface area contributed by atoms with E-state index < -0.39 is 17.6 Å². The van der Waals surface area contributed by atoms with E-state index in [1.165, 1.54) is 10.6 Å². The third-order valence-corrected chi connectivity index (χ3v) is 5.01. The molecule has 3 aromatic rings. The number of nitrogens with zero attached hydrogens (tertiary/aromatic N) is 2. The Labute approximate surface area is 183 Å². The molecule has 0 unspecified atom stereocenters. The third kappa shape index (κ3) is 4.77. The summed E-state index contributed by atoms with van der Waals surface area (Å²) in [7, 11) is 0. The van der Waals surface area contributed by atoms with Crippen molar-refractivity contribution in [2.45, 2.75) is 39.8 Å². The molecule has 1 amide bonds. The van der Waals surface area contributed by atoms with Crippen LogP contribution in [0.2, 0.25) is 0 Å². The minimum absolute atomic E-state index is 0.0680. The number of carbonyl (C=O) groups excluding carboxylic acids is 1. The number of fused-ring (bicyclic) bond motifs is 1. The molecule has 1 aromatic heterocycles. The van der Waals surface area contributed by atoms with Crippen molar-refractivity contribution < 1.29 is 28.2 Å². The van der Waals surface area contributed by atoms with Crippen LogP contribution in [0.5, 0.6) is 5.88 Å². The largest absolute Gasteiger partial charge is 0.494 e. The number of hydrogen-bond donors (Lipinski definition) is 3. The van der Waals surface area contributed by atoms with Gasteiger partial charge in [-0.3, -0.25) is 9.36 Å². The van der Waals surface area contributed by atoms with Gasteiger partial charge in [-0.1, -0.05) is 12.1 Å². The number of hydrazone groups is 1. The van der Waals surface area contributed by atoms with E-state index >= 15 is 0 Å². The van der Waals surface area contributed by atoms with Crippen LogP contribution in [0.15, 0.2) is 41.5 Å². The maximum atomic E-state index is 13.4. The number of hydrogen-bond acceptors (Lipinski definition) is 4. The summed E-state index contributed by atoms with van der Waals surface area (Å²) < 4.78 is 41.5. The number of amides is 1. The molecule has 0 radical (unpaired) electrons. The summed E-state index contributed by atoms with van der Waals surface area (Å²) in [6.45, 7) is 5.12. The van der Waals surface area contributed by atoms with Gasteiger partial charge >= 0.3 is 6.18 Å². The van der Waals surface area contributed by atoms with Gasteiger partial charge in [0.1, 0.15) is 0 Å². The van der Waals surface area contributed by atoms with Crippen LogP contribution in [-0.2, 0) is 11.0 Å². The topological polar surface area (TPSA) is 86.8 Å². The molecule has 0 aliphatic heterocycles. The van der Waals surface area contributed by atoms with Crippen LogP contribution in [0.4, 0.5) is 13.2 Å². The van der Waals surface area contributed by atoms with Crippen LogP contribution in [0.3, 0.4) is 0 Å². The fraction of sp³-hybridized carbons (Fsp3) is 0.304. The number of carbonyl (C=O) groups is 1. The zero-order valence-corrected chi connectivity index (χ0v) is 17.9. The Bertz CT molecular complexity index is 1180. The van der Waals surface area contributed by atoms with Gasteiger partial charge in [0.25, 0.3) is 0 Å². The lowest BCUT2D eigenvalue weighted by Gasteiger charge is -2.11. The number of aliphatic hydroxyl groups is 1. The van der Waals surface area contributed by atoms with Gasteiger partial charge in [-0.2, -0.15) is 18.3 Å². The zero-order valence-electron chi connectivity index (χ0n) is 17.9. The molecule has 0 saturated carbocycles. The number of aliphatic hydroxyl groups excluding tert-OH is 1. The van der Waals surface area contributed by atoms with E-state index in [0.717, 1.165) is 23.3 Å². The molecule has 2 aromatic carbocycles. The summed E-state index contributed by atoms with van der Waals surface area (Å²) in [6.07, 6.45) is -4.21. The normalized spacial score (nSPS) is 12.4. The zero-order chi connectivity index (χ0) is 23.6. The highest BCUT2D eigenvalue weighted by molar-refractivity contribution is 6.13. The Hall–Kier alpha value is -3.33. The summed E-state index contributed by atoms with van der Waals surface area (Å²) in [6, 6.07) is 8.67. The van der Waals surface area contributed by atoms with Gasteiger partial charge in [0.05, 0.1) is 22.4 Å². The van der Waals surface area contributed by atoms with Crippen molar-refractivity contribution in [3.05, 3.63) is 58.7 Å². The summed E-state index contributed by atoms with van der Waals surface area (Å²) >= 11 is 0. The van der Waals surface area contributed by atoms with Gasteiger partial charge in [-0.15, -0.1) is 0 Å². The Balaban J connectivity index is 2.21. The quantitative estimate of drug-likeness (QED) is 0.382. The summed E-state index contributed by atoms with van der Waals surface area (Å²) in [4.78, 5) is 11.8. The molecule has 0 atom stereocenters. The molecule has 6 nitrogen and oxygen atoms in total. The highest BCUT2D eigenvalue weighted by Crippen LogP contribution is 2.39. The Kier molecular flexibility index (Phi) is 6.59. The van der Waals surface area contributed by atoms with Crippen molar-refractivity contribution in [2.24, 2.45) is 5.10 Å². The first-order valence-electron chi connectivity index (χ1n) is 10.0. The molecule has 170 valence electrons. The molecule has 0 fully saturated rings. The molecular formula is C23H24F3N3O3. The Morgan fingerprint density at radius 3 is 2.38 bits per heavy atom. The van der Waals surface area contributed by atoms with E-state index in [1.54, 1.807) is 19.1 Å². The number of aromatic nitrogens is 1. The smallest absolute Gasteiger partial charge is 0.416 e. The van der Waals surface area contributed by atoms with E-state index in [2.05, 4.69) is 10.5 Å². The highest BCUT2D eigenvalue weighted by Gasteiger charge is 2.32. The lowest BCUT2D eigenvalue weighted by Crippen LogP contribution is -2.19. The van der Waals surface area contributed by atoms with Crippen LogP contribution < -0.4 is 5.43 Å². The van der Waals surface area contributed by atoms with Gasteiger partial charge in [0.15, 0.2) is 0 Å². The lowest BCUT2D eigenvalue weighted by molar-refractivity contribution is -0.137. The molecule has 3 N–H and O–H groups in total. The number of rotatable bonds is 6. The maximum absolute atomic E-state index is 13.4. The molecule has 0 saturated heterocycles. The average Bonchev–Trinajstić information content (AvgIpc) is 3.00. The number of halogens is 3. The second-order valence-corrected chi connectivity index (χ2v) is 7.67. The van der Waals surface area contributed by atoms with Gasteiger partial charge in [0.2, 0.25) is 11.8 Å². The fourth-order valence-corrected chi connectivity index (χ4v) is 3.65. The second kappa shape index (κ2) is 9.04. The molecule has 0 bridgehead atoms. The minimum atomic E-state index is -4.55. The van der Waals surface area contributed by atoms with Crippen LogP contribution >= 0.6 is 0 Å². The number of aromatic hydroxyl groups is 1. The van der Waals surface area contributed by atoms with E-state index in [-0.39, 0.29) is 42.1 Å². The fourth-order valence-electron chi connectivity index (χ4n) is 3.65. The van der Waals surface area contributed by atoms with Gasteiger partial charge in [0, 0.05) is 24.1 Å². The highest BCUT2D eigenvalue weighted by atomic mass is 19.4. The van der Waals surface area contributed by atoms with Crippen LogP contribution in [0.25, 0.3) is 16.6 Å². The number of aryl methyl sites for hydroxylation is 2. The van der Waals surface area contributed by atoms with E-state index in [4.69, 9.17) is 5.11 Å². The van der Waals surface area contributed by atoms with Gasteiger partial charge in [-0.25, -0.2) is 5.43 Å². The Morgan fingerprint density at radius 2 is 1.78 bits per heavy atom. The minimum Gasteiger partial charge on any atom is -0.494 e. The summed E-state index contributed by atoms with van der Waals surface area (Å²) in [5.74, 6) is -0.703. The van der Waals surface area contributed by atoms with E-state index in [9.17, 15) is 23.1 Å². The SMILES string of the molecule is C/C(=N\NC(=O)CCCO)c1c(O)n(-c2cc(C)cc(C)c2)c2cc(C(F)(F)F)ccc12. The van der Waals surface area contributed by atoms with E-state index in [1.807, 2.05) is 19.9 Å². The van der Waals surface area contributed by atoms with Crippen molar-refractivity contribution in [1.82, 2.24) is 9.99 Å². The van der Waals surface area contributed by atoms with Crippen LogP contribution in [0, 0.1) is 13.8 Å². The first-order valence-corrected chi connectivity index (χ1v) is 10.0. The van der Waals surface area contributed by atoms with E-state index in [0.29, 0.717) is 11.1 Å². The predicted octanol–water partition coefficient (Wildman–Crippen LogP) is 4.58. The van der Waals surface area contributed by atoms with Crippen molar-refractivity contribution in [2.75, 3.05) is 6.61 Å². The van der Waals surface area contributed by atoms with Gasteiger partial charge in [-0.05, 0) is 62.6 Å².